The van der Waals surface area contributed by atoms with Crippen molar-refractivity contribution in [2.45, 2.75) is 18.9 Å². The maximum Gasteiger partial charge on any atom is 0.234 e. The molecule has 0 spiro atoms. The molecule has 0 saturated carbocycles. The molecule has 3 nitrogen and oxygen atoms in total. The molecule has 0 radical (unpaired) electrons. The standard InChI is InChI=1S/C12H14ClFN2O/c13-9-4-7(1-2-10(9)14)3-8-5-11(12(15)17)16-6-8/h1-2,4,8,11,16H,3,5-6H2,(H2,15,17). The van der Waals surface area contributed by atoms with E-state index in [1.165, 1.54) is 6.07 Å². The summed E-state index contributed by atoms with van der Waals surface area (Å²) in [5, 5.41) is 3.21. The molecule has 1 aliphatic heterocycles. The molecule has 17 heavy (non-hydrogen) atoms. The second kappa shape index (κ2) is 5.02. The number of halogens is 2. The van der Waals surface area contributed by atoms with Crippen molar-refractivity contribution >= 4 is 17.5 Å². The molecule has 1 heterocycles. The average Bonchev–Trinajstić information content (AvgIpc) is 2.72. The van der Waals surface area contributed by atoms with Gasteiger partial charge in [-0.15, -0.1) is 0 Å². The van der Waals surface area contributed by atoms with E-state index in [1.54, 1.807) is 12.1 Å². The van der Waals surface area contributed by atoms with Gasteiger partial charge in [0.2, 0.25) is 5.91 Å². The van der Waals surface area contributed by atoms with Crippen molar-refractivity contribution in [3.63, 3.8) is 0 Å². The van der Waals surface area contributed by atoms with E-state index in [0.717, 1.165) is 24.9 Å². The van der Waals surface area contributed by atoms with Crippen molar-refractivity contribution in [1.82, 2.24) is 5.32 Å². The van der Waals surface area contributed by atoms with E-state index in [0.29, 0.717) is 5.92 Å². The van der Waals surface area contributed by atoms with Gasteiger partial charge in [0, 0.05) is 0 Å². The summed E-state index contributed by atoms with van der Waals surface area (Å²) < 4.78 is 13.0. The number of benzene rings is 1. The van der Waals surface area contributed by atoms with E-state index >= 15 is 0 Å². The predicted octanol–water partition coefficient (Wildman–Crippen LogP) is 1.48. The Morgan fingerprint density at radius 3 is 2.94 bits per heavy atom. The van der Waals surface area contributed by atoms with Gasteiger partial charge in [0.25, 0.3) is 0 Å². The molecule has 5 heteroatoms. The molecule has 0 bridgehead atoms. The topological polar surface area (TPSA) is 55.1 Å². The first kappa shape index (κ1) is 12.3. The van der Waals surface area contributed by atoms with Crippen LogP contribution in [0.4, 0.5) is 4.39 Å². The molecule has 1 aromatic carbocycles. The molecule has 1 amide bonds. The Balaban J connectivity index is 1.98. The maximum atomic E-state index is 13.0. The van der Waals surface area contributed by atoms with Crippen LogP contribution in [-0.4, -0.2) is 18.5 Å². The third-order valence-electron chi connectivity index (χ3n) is 3.07. The summed E-state index contributed by atoms with van der Waals surface area (Å²) in [6.45, 7) is 0.753. The van der Waals surface area contributed by atoms with E-state index < -0.39 is 5.82 Å². The number of nitrogens with two attached hydrogens (primary N) is 1. The fourth-order valence-electron chi connectivity index (χ4n) is 2.18. The summed E-state index contributed by atoms with van der Waals surface area (Å²) in [7, 11) is 0. The molecule has 2 rings (SSSR count). The molecule has 0 aliphatic carbocycles. The van der Waals surface area contributed by atoms with E-state index in [-0.39, 0.29) is 17.0 Å². The number of carbonyl (C=O) groups excluding carboxylic acids is 1. The molecule has 0 aromatic heterocycles. The number of hydrogen-bond acceptors (Lipinski definition) is 2. The Hall–Kier alpha value is -1.13. The van der Waals surface area contributed by atoms with Crippen molar-refractivity contribution in [3.05, 3.63) is 34.6 Å². The van der Waals surface area contributed by atoms with Crippen molar-refractivity contribution in [2.24, 2.45) is 11.7 Å². The van der Waals surface area contributed by atoms with Crippen molar-refractivity contribution in [2.75, 3.05) is 6.54 Å². The van der Waals surface area contributed by atoms with Gasteiger partial charge in [-0.1, -0.05) is 17.7 Å². The zero-order valence-electron chi connectivity index (χ0n) is 9.25. The normalized spacial score (nSPS) is 23.9. The highest BCUT2D eigenvalue weighted by Crippen LogP contribution is 2.22. The van der Waals surface area contributed by atoms with Crippen LogP contribution in [0.1, 0.15) is 12.0 Å². The molecular formula is C12H14ClFN2O. The largest absolute Gasteiger partial charge is 0.368 e. The quantitative estimate of drug-likeness (QED) is 0.861. The second-order valence-corrected chi connectivity index (χ2v) is 4.82. The summed E-state index contributed by atoms with van der Waals surface area (Å²) in [4.78, 5) is 11.0. The van der Waals surface area contributed by atoms with Gasteiger partial charge in [-0.25, -0.2) is 4.39 Å². The molecule has 1 aromatic rings. The smallest absolute Gasteiger partial charge is 0.234 e. The highest BCUT2D eigenvalue weighted by Gasteiger charge is 2.27. The molecular weight excluding hydrogens is 243 g/mol. The summed E-state index contributed by atoms with van der Waals surface area (Å²) in [5.41, 5.74) is 6.21. The van der Waals surface area contributed by atoms with Gasteiger partial charge in [0.15, 0.2) is 0 Å². The Labute approximate surface area is 104 Å². The minimum Gasteiger partial charge on any atom is -0.368 e. The summed E-state index contributed by atoms with van der Waals surface area (Å²) in [5.74, 6) is -0.381. The maximum absolute atomic E-state index is 13.0. The van der Waals surface area contributed by atoms with Gasteiger partial charge in [0.05, 0.1) is 11.1 Å². The third kappa shape index (κ3) is 2.96. The number of amides is 1. The zero-order valence-corrected chi connectivity index (χ0v) is 10.0. The summed E-state index contributed by atoms with van der Waals surface area (Å²) >= 11 is 5.71. The van der Waals surface area contributed by atoms with Crippen molar-refractivity contribution in [3.8, 4) is 0 Å². The lowest BCUT2D eigenvalue weighted by atomic mass is 9.96. The molecule has 1 fully saturated rings. The number of rotatable bonds is 3. The summed E-state index contributed by atoms with van der Waals surface area (Å²) in [6, 6.07) is 4.48. The third-order valence-corrected chi connectivity index (χ3v) is 3.36. The van der Waals surface area contributed by atoms with Crippen LogP contribution >= 0.6 is 11.6 Å². The SMILES string of the molecule is NC(=O)C1CC(Cc2ccc(F)c(Cl)c2)CN1. The Morgan fingerprint density at radius 2 is 2.35 bits per heavy atom. The fourth-order valence-corrected chi connectivity index (χ4v) is 2.38. The number of carbonyl (C=O) groups is 1. The first-order valence-corrected chi connectivity index (χ1v) is 5.90. The van der Waals surface area contributed by atoms with Crippen LogP contribution in [0.5, 0.6) is 0 Å². The van der Waals surface area contributed by atoms with Gasteiger partial charge in [0.1, 0.15) is 5.82 Å². The molecule has 2 unspecified atom stereocenters. The van der Waals surface area contributed by atoms with Crippen LogP contribution in [0.15, 0.2) is 18.2 Å². The van der Waals surface area contributed by atoms with Crippen LogP contribution in [0.3, 0.4) is 0 Å². The molecule has 1 saturated heterocycles. The molecule has 3 N–H and O–H groups in total. The lowest BCUT2D eigenvalue weighted by molar-refractivity contribution is -0.119. The van der Waals surface area contributed by atoms with Crippen LogP contribution < -0.4 is 11.1 Å². The van der Waals surface area contributed by atoms with E-state index in [1.807, 2.05) is 0 Å². The van der Waals surface area contributed by atoms with E-state index in [9.17, 15) is 9.18 Å². The van der Waals surface area contributed by atoms with Crippen molar-refractivity contribution in [1.29, 1.82) is 0 Å². The van der Waals surface area contributed by atoms with Crippen LogP contribution in [0.2, 0.25) is 5.02 Å². The Morgan fingerprint density at radius 1 is 1.59 bits per heavy atom. The van der Waals surface area contributed by atoms with Crippen LogP contribution in [0.25, 0.3) is 0 Å². The van der Waals surface area contributed by atoms with Crippen LogP contribution in [0, 0.1) is 11.7 Å². The molecule has 2 atom stereocenters. The Bertz CT molecular complexity index is 439. The first-order valence-electron chi connectivity index (χ1n) is 5.53. The first-order chi connectivity index (χ1) is 8.06. The van der Waals surface area contributed by atoms with Gasteiger partial charge < -0.3 is 11.1 Å². The lowest BCUT2D eigenvalue weighted by Crippen LogP contribution is -2.36. The minimum absolute atomic E-state index is 0.139. The van der Waals surface area contributed by atoms with Crippen molar-refractivity contribution < 1.29 is 9.18 Å². The Kier molecular flexibility index (Phi) is 3.64. The predicted molar refractivity (Wildman–Crippen MR) is 64.2 cm³/mol. The average molecular weight is 257 g/mol. The van der Waals surface area contributed by atoms with Crippen LogP contribution in [-0.2, 0) is 11.2 Å². The summed E-state index contributed by atoms with van der Waals surface area (Å²) in [6.07, 6.45) is 1.50. The van der Waals surface area contributed by atoms with E-state index in [4.69, 9.17) is 17.3 Å². The van der Waals surface area contributed by atoms with E-state index in [2.05, 4.69) is 5.32 Å². The number of hydrogen-bond donors (Lipinski definition) is 2. The number of nitrogens with one attached hydrogen (secondary N) is 1. The van der Waals surface area contributed by atoms with Gasteiger partial charge >= 0.3 is 0 Å². The highest BCUT2D eigenvalue weighted by molar-refractivity contribution is 6.30. The monoisotopic (exact) mass is 256 g/mol. The lowest BCUT2D eigenvalue weighted by Gasteiger charge is -2.09. The molecule has 92 valence electrons. The van der Waals surface area contributed by atoms with Gasteiger partial charge in [-0.3, -0.25) is 4.79 Å². The molecule has 1 aliphatic rings. The minimum atomic E-state index is -0.407. The van der Waals surface area contributed by atoms with Gasteiger partial charge in [-0.2, -0.15) is 0 Å². The highest BCUT2D eigenvalue weighted by atomic mass is 35.5. The second-order valence-electron chi connectivity index (χ2n) is 4.42. The zero-order chi connectivity index (χ0) is 12.4. The number of primary amides is 1. The van der Waals surface area contributed by atoms with Gasteiger partial charge in [-0.05, 0) is 43.0 Å². The fraction of sp³-hybridized carbons (Fsp3) is 0.417.